The van der Waals surface area contributed by atoms with Crippen LogP contribution in [0.5, 0.6) is 5.75 Å². The highest BCUT2D eigenvalue weighted by atomic mass is 32.1. The van der Waals surface area contributed by atoms with Crippen LogP contribution in [0.4, 0.5) is 5.69 Å². The number of rotatable bonds is 2. The summed E-state index contributed by atoms with van der Waals surface area (Å²) in [5.41, 5.74) is 3.03. The van der Waals surface area contributed by atoms with Crippen LogP contribution in [0, 0.1) is 11.8 Å². The molecular formula is C19H16N2OS. The molecule has 23 heavy (non-hydrogen) atoms. The third-order valence-corrected chi connectivity index (χ3v) is 4.28. The van der Waals surface area contributed by atoms with Crippen LogP contribution in [0.2, 0.25) is 0 Å². The molecule has 1 heterocycles. The minimum atomic E-state index is 0.262. The van der Waals surface area contributed by atoms with Gasteiger partial charge in [0.15, 0.2) is 0 Å². The van der Waals surface area contributed by atoms with Crippen LogP contribution in [0.3, 0.4) is 0 Å². The molecule has 0 bridgehead atoms. The molecule has 0 aliphatic rings. The number of aromatic nitrogens is 1. The second kappa shape index (κ2) is 6.55. The lowest BCUT2D eigenvalue weighted by atomic mass is 10.2. The number of allylic oxidation sites excluding steroid dienone is 1. The third kappa shape index (κ3) is 3.71. The molecule has 114 valence electrons. The molecule has 0 unspecified atom stereocenters. The summed E-state index contributed by atoms with van der Waals surface area (Å²) >= 11 is 1.53. The number of hydrogen-bond acceptors (Lipinski definition) is 4. The lowest BCUT2D eigenvalue weighted by Gasteiger charge is -2.11. The molecule has 1 N–H and O–H groups in total. The summed E-state index contributed by atoms with van der Waals surface area (Å²) in [5.74, 6) is 6.39. The Morgan fingerprint density at radius 2 is 1.91 bits per heavy atom. The van der Waals surface area contributed by atoms with Crippen molar-refractivity contribution in [1.29, 1.82) is 0 Å². The number of phenolic OH excluding ortho intramolecular Hbond substituents is 1. The predicted molar refractivity (Wildman–Crippen MR) is 98.0 cm³/mol. The number of aromatic hydroxyl groups is 1. The van der Waals surface area contributed by atoms with Gasteiger partial charge in [0.05, 0.1) is 10.2 Å². The molecular weight excluding hydrogens is 304 g/mol. The number of hydrogen-bond donors (Lipinski definition) is 1. The van der Waals surface area contributed by atoms with Gasteiger partial charge >= 0.3 is 0 Å². The van der Waals surface area contributed by atoms with Crippen molar-refractivity contribution >= 4 is 33.3 Å². The van der Waals surface area contributed by atoms with Crippen LogP contribution in [0.1, 0.15) is 10.6 Å². The van der Waals surface area contributed by atoms with E-state index in [1.807, 2.05) is 50.5 Å². The van der Waals surface area contributed by atoms with E-state index >= 15 is 0 Å². The number of anilines is 1. The second-order valence-corrected chi connectivity index (χ2v) is 6.31. The average Bonchev–Trinajstić information content (AvgIpc) is 2.94. The van der Waals surface area contributed by atoms with Crippen molar-refractivity contribution in [2.45, 2.75) is 0 Å². The van der Waals surface area contributed by atoms with Crippen molar-refractivity contribution in [2.24, 2.45) is 0 Å². The SMILES string of the molecule is CN(C)c1ccc(C#C/C=C/c2nc3ccc(O)cc3s2)cc1. The van der Waals surface area contributed by atoms with Gasteiger partial charge in [-0.25, -0.2) is 4.98 Å². The fourth-order valence-corrected chi connectivity index (χ4v) is 2.99. The lowest BCUT2D eigenvalue weighted by Crippen LogP contribution is -2.07. The Bertz CT molecular complexity index is 912. The Balaban J connectivity index is 1.73. The minimum Gasteiger partial charge on any atom is -0.508 e. The van der Waals surface area contributed by atoms with Gasteiger partial charge in [0.2, 0.25) is 0 Å². The van der Waals surface area contributed by atoms with Crippen LogP contribution in [-0.4, -0.2) is 24.2 Å². The molecule has 0 fully saturated rings. The number of thiazole rings is 1. The van der Waals surface area contributed by atoms with E-state index < -0.39 is 0 Å². The normalized spacial score (nSPS) is 10.7. The largest absolute Gasteiger partial charge is 0.508 e. The van der Waals surface area contributed by atoms with Crippen LogP contribution >= 0.6 is 11.3 Å². The minimum absolute atomic E-state index is 0.262. The Kier molecular flexibility index (Phi) is 4.31. The molecule has 0 aliphatic heterocycles. The molecule has 0 spiro atoms. The van der Waals surface area contributed by atoms with Crippen molar-refractivity contribution in [1.82, 2.24) is 4.98 Å². The maximum atomic E-state index is 9.47. The first-order valence-corrected chi connectivity index (χ1v) is 7.98. The summed E-state index contributed by atoms with van der Waals surface area (Å²) < 4.78 is 0.969. The maximum absolute atomic E-state index is 9.47. The number of nitrogens with zero attached hydrogens (tertiary/aromatic N) is 2. The third-order valence-electron chi connectivity index (χ3n) is 3.30. The molecule has 0 saturated heterocycles. The second-order valence-electron chi connectivity index (χ2n) is 5.25. The van der Waals surface area contributed by atoms with Gasteiger partial charge in [-0.1, -0.05) is 11.8 Å². The van der Waals surface area contributed by atoms with Crippen LogP contribution in [-0.2, 0) is 0 Å². The maximum Gasteiger partial charge on any atom is 0.117 e. The first kappa shape index (κ1) is 15.1. The van der Waals surface area contributed by atoms with Gasteiger partial charge in [-0.2, -0.15) is 0 Å². The summed E-state index contributed by atoms with van der Waals surface area (Å²) in [6.45, 7) is 0. The quantitative estimate of drug-likeness (QED) is 0.721. The molecule has 3 rings (SSSR count). The Labute approximate surface area is 139 Å². The fourth-order valence-electron chi connectivity index (χ4n) is 2.08. The van der Waals surface area contributed by atoms with Gasteiger partial charge in [-0.05, 0) is 54.6 Å². The fraction of sp³-hybridized carbons (Fsp3) is 0.105. The summed E-state index contributed by atoms with van der Waals surface area (Å²) in [6.07, 6.45) is 3.69. The number of benzene rings is 2. The van der Waals surface area contributed by atoms with E-state index in [0.717, 1.165) is 26.5 Å². The van der Waals surface area contributed by atoms with E-state index in [-0.39, 0.29) is 5.75 Å². The first-order valence-electron chi connectivity index (χ1n) is 7.17. The molecule has 0 atom stereocenters. The number of phenols is 1. The highest BCUT2D eigenvalue weighted by Crippen LogP contribution is 2.26. The predicted octanol–water partition coefficient (Wildman–Crippen LogP) is 4.13. The Morgan fingerprint density at radius 3 is 2.65 bits per heavy atom. The van der Waals surface area contributed by atoms with Crippen molar-refractivity contribution in [3.63, 3.8) is 0 Å². The monoisotopic (exact) mass is 320 g/mol. The molecule has 0 aliphatic carbocycles. The Morgan fingerprint density at radius 1 is 1.13 bits per heavy atom. The lowest BCUT2D eigenvalue weighted by molar-refractivity contribution is 0.476. The highest BCUT2D eigenvalue weighted by Gasteiger charge is 2.01. The van der Waals surface area contributed by atoms with E-state index in [0.29, 0.717) is 0 Å². The van der Waals surface area contributed by atoms with Gasteiger partial charge in [-0.3, -0.25) is 0 Å². The summed E-state index contributed by atoms with van der Waals surface area (Å²) in [6, 6.07) is 13.3. The Hall–Kier alpha value is -2.77. The molecule has 0 amide bonds. The average molecular weight is 320 g/mol. The van der Waals surface area contributed by atoms with E-state index in [1.165, 1.54) is 11.3 Å². The molecule has 4 heteroatoms. The van der Waals surface area contributed by atoms with Crippen LogP contribution in [0.15, 0.2) is 48.5 Å². The summed E-state index contributed by atoms with van der Waals surface area (Å²) in [7, 11) is 4.03. The molecule has 2 aromatic carbocycles. The van der Waals surface area contributed by atoms with Crippen LogP contribution in [0.25, 0.3) is 16.3 Å². The van der Waals surface area contributed by atoms with E-state index in [4.69, 9.17) is 0 Å². The van der Waals surface area contributed by atoms with Crippen molar-refractivity contribution in [2.75, 3.05) is 19.0 Å². The molecule has 0 saturated carbocycles. The molecule has 1 aromatic heterocycles. The van der Waals surface area contributed by atoms with Gasteiger partial charge in [0.1, 0.15) is 10.8 Å². The standard InChI is InChI=1S/C19H16N2OS/c1-21(2)15-9-7-14(8-10-15)5-3-4-6-19-20-17-12-11-16(22)13-18(17)23-19/h4,6-13,22H,1-2H3/b6-4+. The van der Waals surface area contributed by atoms with E-state index in [2.05, 4.69) is 21.7 Å². The topological polar surface area (TPSA) is 36.4 Å². The number of fused-ring (bicyclic) bond motifs is 1. The van der Waals surface area contributed by atoms with Crippen LogP contribution < -0.4 is 4.90 Å². The van der Waals surface area contributed by atoms with E-state index in [9.17, 15) is 5.11 Å². The van der Waals surface area contributed by atoms with E-state index in [1.54, 1.807) is 18.2 Å². The van der Waals surface area contributed by atoms with Gasteiger partial charge in [-0.15, -0.1) is 11.3 Å². The van der Waals surface area contributed by atoms with Crippen molar-refractivity contribution < 1.29 is 5.11 Å². The van der Waals surface area contributed by atoms with Crippen molar-refractivity contribution in [3.8, 4) is 17.6 Å². The summed E-state index contributed by atoms with van der Waals surface area (Å²) in [4.78, 5) is 6.53. The zero-order chi connectivity index (χ0) is 16.2. The van der Waals surface area contributed by atoms with Gasteiger partial charge in [0, 0.05) is 25.3 Å². The molecule has 0 radical (unpaired) electrons. The zero-order valence-electron chi connectivity index (χ0n) is 12.9. The molecule has 3 nitrogen and oxygen atoms in total. The first-order chi connectivity index (χ1) is 11.1. The smallest absolute Gasteiger partial charge is 0.117 e. The van der Waals surface area contributed by atoms with Crippen molar-refractivity contribution in [3.05, 3.63) is 59.1 Å². The molecule has 3 aromatic rings. The zero-order valence-corrected chi connectivity index (χ0v) is 13.8. The van der Waals surface area contributed by atoms with Gasteiger partial charge < -0.3 is 10.0 Å². The van der Waals surface area contributed by atoms with Gasteiger partial charge in [0.25, 0.3) is 0 Å². The highest BCUT2D eigenvalue weighted by molar-refractivity contribution is 7.19. The summed E-state index contributed by atoms with van der Waals surface area (Å²) in [5, 5.41) is 10.3.